The molecule has 0 unspecified atom stereocenters. The van der Waals surface area contributed by atoms with E-state index in [2.05, 4.69) is 88.4 Å². The Morgan fingerprint density at radius 1 is 0.667 bits per heavy atom. The van der Waals surface area contributed by atoms with Gasteiger partial charge in [-0.3, -0.25) is 0 Å². The summed E-state index contributed by atoms with van der Waals surface area (Å²) in [7, 11) is 0. The second-order valence-corrected chi connectivity index (χ2v) is 4.92. The zero-order valence-electron chi connectivity index (χ0n) is 14.0. The molecule has 0 radical (unpaired) electrons. The van der Waals surface area contributed by atoms with Crippen molar-refractivity contribution in [1.82, 2.24) is 0 Å². The molecule has 2 aromatic rings. The van der Waals surface area contributed by atoms with Crippen LogP contribution in [-0.2, 0) is 6.42 Å². The molecule has 0 nitrogen and oxygen atoms in total. The molecule has 0 saturated carbocycles. The zero-order valence-corrected chi connectivity index (χ0v) is 14.0. The van der Waals surface area contributed by atoms with Gasteiger partial charge < -0.3 is 0 Å². The van der Waals surface area contributed by atoms with Crippen molar-refractivity contribution in [3.63, 3.8) is 0 Å². The summed E-state index contributed by atoms with van der Waals surface area (Å²) in [6, 6.07) is 20.9. The Morgan fingerprint density at radius 3 is 1.57 bits per heavy atom. The molecule has 2 aromatic carbocycles. The highest BCUT2D eigenvalue weighted by molar-refractivity contribution is 5.49. The largest absolute Gasteiger partial charge is 0.0795 e. The summed E-state index contributed by atoms with van der Waals surface area (Å²) in [6.07, 6.45) is 7.85. The molecule has 0 saturated heterocycles. The van der Waals surface area contributed by atoms with E-state index in [1.807, 2.05) is 12.1 Å². The van der Waals surface area contributed by atoms with Crippen LogP contribution in [0.1, 0.15) is 51.7 Å². The Morgan fingerprint density at radius 2 is 1.10 bits per heavy atom. The highest BCUT2D eigenvalue weighted by Gasteiger charge is 1.86. The Labute approximate surface area is 131 Å². The molecular formula is C21H30. The summed E-state index contributed by atoms with van der Waals surface area (Å²) in [5, 5.41) is 0. The minimum absolute atomic E-state index is 0.996. The minimum Gasteiger partial charge on any atom is -0.0795 e. The number of benzene rings is 2. The summed E-state index contributed by atoms with van der Waals surface area (Å²) >= 11 is 0. The second-order valence-electron chi connectivity index (χ2n) is 4.92. The number of allylic oxidation sites excluding steroid dienone is 1. The van der Waals surface area contributed by atoms with Crippen molar-refractivity contribution in [3.8, 4) is 0 Å². The van der Waals surface area contributed by atoms with Crippen molar-refractivity contribution >= 4 is 6.08 Å². The summed E-state index contributed by atoms with van der Waals surface area (Å²) in [4.78, 5) is 0. The van der Waals surface area contributed by atoms with Gasteiger partial charge in [0.1, 0.15) is 0 Å². The lowest BCUT2D eigenvalue weighted by Crippen LogP contribution is -1.78. The van der Waals surface area contributed by atoms with Crippen LogP contribution in [0.5, 0.6) is 0 Å². The zero-order chi connectivity index (χ0) is 15.8. The molecule has 0 aliphatic carbocycles. The lowest BCUT2D eigenvalue weighted by Gasteiger charge is -1.94. The van der Waals surface area contributed by atoms with E-state index < -0.39 is 0 Å². The second kappa shape index (κ2) is 14.6. The van der Waals surface area contributed by atoms with Crippen molar-refractivity contribution in [2.24, 2.45) is 0 Å². The van der Waals surface area contributed by atoms with Gasteiger partial charge in [-0.25, -0.2) is 0 Å². The SMILES string of the molecule is C(=Cc1ccccc1)Cc1ccccc1.CCC.CCC. The van der Waals surface area contributed by atoms with Crippen LogP contribution in [0.25, 0.3) is 6.08 Å². The first-order valence-electron chi connectivity index (χ1n) is 8.03. The molecule has 114 valence electrons. The van der Waals surface area contributed by atoms with Crippen molar-refractivity contribution in [2.75, 3.05) is 0 Å². The molecule has 21 heavy (non-hydrogen) atoms. The number of hydrogen-bond donors (Lipinski definition) is 0. The third-order valence-corrected chi connectivity index (χ3v) is 2.31. The first kappa shape index (κ1) is 19.2. The van der Waals surface area contributed by atoms with Gasteiger partial charge in [0.15, 0.2) is 0 Å². The summed E-state index contributed by atoms with van der Waals surface area (Å²) < 4.78 is 0. The van der Waals surface area contributed by atoms with E-state index in [0.717, 1.165) is 6.42 Å². The lowest BCUT2D eigenvalue weighted by molar-refractivity contribution is 1.09. The maximum atomic E-state index is 2.20. The van der Waals surface area contributed by atoms with Crippen molar-refractivity contribution < 1.29 is 0 Å². The van der Waals surface area contributed by atoms with Crippen molar-refractivity contribution in [1.29, 1.82) is 0 Å². The highest BCUT2D eigenvalue weighted by Crippen LogP contribution is 2.04. The van der Waals surface area contributed by atoms with Crippen LogP contribution in [0.4, 0.5) is 0 Å². The Bertz CT molecular complexity index is 438. The summed E-state index contributed by atoms with van der Waals surface area (Å²) in [5.74, 6) is 0. The highest BCUT2D eigenvalue weighted by atomic mass is 13.9. The van der Waals surface area contributed by atoms with Gasteiger partial charge in [-0.05, 0) is 17.5 Å². The number of rotatable bonds is 3. The topological polar surface area (TPSA) is 0 Å². The Balaban J connectivity index is 0.000000578. The monoisotopic (exact) mass is 282 g/mol. The van der Waals surface area contributed by atoms with Crippen LogP contribution < -0.4 is 0 Å². The Kier molecular flexibility index (Phi) is 13.3. The molecule has 0 atom stereocenters. The van der Waals surface area contributed by atoms with Gasteiger partial charge >= 0.3 is 0 Å². The van der Waals surface area contributed by atoms with E-state index in [-0.39, 0.29) is 0 Å². The molecule has 2 rings (SSSR count). The quantitative estimate of drug-likeness (QED) is 0.582. The lowest BCUT2D eigenvalue weighted by atomic mass is 10.1. The van der Waals surface area contributed by atoms with Gasteiger partial charge in [0.25, 0.3) is 0 Å². The van der Waals surface area contributed by atoms with Crippen LogP contribution in [0.15, 0.2) is 66.7 Å². The minimum atomic E-state index is 0.996. The third kappa shape index (κ3) is 11.7. The van der Waals surface area contributed by atoms with Crippen LogP contribution in [0.2, 0.25) is 0 Å². The molecule has 0 heterocycles. The average Bonchev–Trinajstić information content (AvgIpc) is 2.51. The van der Waals surface area contributed by atoms with Gasteiger partial charge in [-0.1, -0.05) is 113 Å². The standard InChI is InChI=1S/C15H14.2C3H8/c1-3-8-14(9-4-1)12-7-13-15-10-5-2-6-11-15;2*1-3-2/h1-12H,13H2;2*3H2,1-2H3. The molecule has 0 aromatic heterocycles. The fourth-order valence-electron chi connectivity index (χ4n) is 1.51. The van der Waals surface area contributed by atoms with E-state index in [1.54, 1.807) is 0 Å². The van der Waals surface area contributed by atoms with Gasteiger partial charge in [-0.2, -0.15) is 0 Å². The van der Waals surface area contributed by atoms with E-state index in [0.29, 0.717) is 0 Å². The van der Waals surface area contributed by atoms with Crippen LogP contribution in [0, 0.1) is 0 Å². The molecule has 0 spiro atoms. The van der Waals surface area contributed by atoms with Gasteiger partial charge in [0.2, 0.25) is 0 Å². The molecule has 0 bridgehead atoms. The summed E-state index contributed by atoms with van der Waals surface area (Å²) in [6.45, 7) is 8.50. The van der Waals surface area contributed by atoms with E-state index in [9.17, 15) is 0 Å². The normalized spacial score (nSPS) is 9.33. The van der Waals surface area contributed by atoms with Gasteiger partial charge in [0.05, 0.1) is 0 Å². The molecule has 0 N–H and O–H groups in total. The molecule has 0 amide bonds. The van der Waals surface area contributed by atoms with Crippen LogP contribution >= 0.6 is 0 Å². The van der Waals surface area contributed by atoms with Gasteiger partial charge in [-0.15, -0.1) is 0 Å². The molecule has 0 heteroatoms. The predicted molar refractivity (Wildman–Crippen MR) is 97.6 cm³/mol. The van der Waals surface area contributed by atoms with Gasteiger partial charge in [0, 0.05) is 0 Å². The smallest absolute Gasteiger partial charge is 0.00941 e. The van der Waals surface area contributed by atoms with Crippen LogP contribution in [-0.4, -0.2) is 0 Å². The summed E-state index contributed by atoms with van der Waals surface area (Å²) in [5.41, 5.74) is 2.61. The third-order valence-electron chi connectivity index (χ3n) is 2.31. The Hall–Kier alpha value is -1.82. The fourth-order valence-corrected chi connectivity index (χ4v) is 1.51. The molecular weight excluding hydrogens is 252 g/mol. The first-order valence-corrected chi connectivity index (χ1v) is 8.03. The molecule has 0 aliphatic rings. The van der Waals surface area contributed by atoms with Crippen LogP contribution in [0.3, 0.4) is 0 Å². The van der Waals surface area contributed by atoms with E-state index >= 15 is 0 Å². The van der Waals surface area contributed by atoms with Crippen molar-refractivity contribution in [2.45, 2.75) is 47.0 Å². The first-order chi connectivity index (χ1) is 10.3. The van der Waals surface area contributed by atoms with E-state index in [4.69, 9.17) is 0 Å². The van der Waals surface area contributed by atoms with Crippen molar-refractivity contribution in [3.05, 3.63) is 77.9 Å². The predicted octanol–water partition coefficient (Wildman–Crippen LogP) is 6.78. The fraction of sp³-hybridized carbons (Fsp3) is 0.333. The average molecular weight is 282 g/mol. The number of hydrogen-bond acceptors (Lipinski definition) is 0. The maximum absolute atomic E-state index is 2.20. The van der Waals surface area contributed by atoms with E-state index in [1.165, 1.54) is 24.0 Å². The molecule has 0 fully saturated rings. The molecule has 0 aliphatic heterocycles. The maximum Gasteiger partial charge on any atom is -0.00941 e.